The second kappa shape index (κ2) is 8.05. The fourth-order valence-corrected chi connectivity index (χ4v) is 2.88. The summed E-state index contributed by atoms with van der Waals surface area (Å²) >= 11 is 0. The van der Waals surface area contributed by atoms with Crippen LogP contribution in [0.3, 0.4) is 0 Å². The summed E-state index contributed by atoms with van der Waals surface area (Å²) in [6.45, 7) is 1.97. The number of esters is 1. The molecule has 4 aromatic rings. The highest BCUT2D eigenvalue weighted by atomic mass is 16.5. The number of para-hydroxylation sites is 1. The Bertz CT molecular complexity index is 1290. The zero-order valence-corrected chi connectivity index (χ0v) is 16.0. The van der Waals surface area contributed by atoms with Crippen LogP contribution >= 0.6 is 0 Å². The van der Waals surface area contributed by atoms with Crippen LogP contribution in [-0.2, 0) is 0 Å². The Morgan fingerprint density at radius 2 is 1.60 bits per heavy atom. The molecule has 6 heteroatoms. The normalized spacial score (nSPS) is 10.6. The van der Waals surface area contributed by atoms with Crippen molar-refractivity contribution in [2.45, 2.75) is 6.92 Å². The van der Waals surface area contributed by atoms with Gasteiger partial charge in [-0.2, -0.15) is 0 Å². The number of ether oxygens (including phenoxy) is 1. The molecule has 4 rings (SSSR count). The smallest absolute Gasteiger partial charge is 0.351 e. The molecular weight excluding hydrogens is 382 g/mol. The highest BCUT2D eigenvalue weighted by Crippen LogP contribution is 2.17. The summed E-state index contributed by atoms with van der Waals surface area (Å²) in [6, 6.07) is 21.8. The van der Waals surface area contributed by atoms with Crippen molar-refractivity contribution in [1.82, 2.24) is 0 Å². The fraction of sp³-hybridized carbons (Fsp3) is 0.0417. The average molecular weight is 399 g/mol. The second-order valence-corrected chi connectivity index (χ2v) is 6.72. The Balaban J connectivity index is 1.47. The number of rotatable bonds is 4. The van der Waals surface area contributed by atoms with E-state index in [1.54, 1.807) is 24.3 Å². The molecule has 0 saturated heterocycles. The molecule has 0 bridgehead atoms. The Morgan fingerprint density at radius 1 is 0.900 bits per heavy atom. The molecule has 0 fully saturated rings. The lowest BCUT2D eigenvalue weighted by Crippen LogP contribution is -2.18. The van der Waals surface area contributed by atoms with Gasteiger partial charge in [0, 0.05) is 16.6 Å². The standard InChI is InChI=1S/C24H17NO5/c1-15-6-10-18(11-7-15)25-22(26)16-8-12-19(13-9-16)29-23(27)20-14-17-4-2-3-5-21(17)30-24(20)28/h2-14H,1H3,(H,25,26). The van der Waals surface area contributed by atoms with E-state index < -0.39 is 11.6 Å². The van der Waals surface area contributed by atoms with E-state index in [-0.39, 0.29) is 17.2 Å². The molecule has 30 heavy (non-hydrogen) atoms. The van der Waals surface area contributed by atoms with Gasteiger partial charge in [-0.05, 0) is 55.5 Å². The highest BCUT2D eigenvalue weighted by molar-refractivity contribution is 6.04. The van der Waals surface area contributed by atoms with Crippen LogP contribution in [0.1, 0.15) is 26.3 Å². The number of carbonyl (C=O) groups is 2. The molecule has 0 saturated carbocycles. The number of aryl methyl sites for hydroxylation is 1. The molecule has 1 amide bonds. The summed E-state index contributed by atoms with van der Waals surface area (Å²) in [7, 11) is 0. The van der Waals surface area contributed by atoms with Crippen LogP contribution < -0.4 is 15.7 Å². The minimum Gasteiger partial charge on any atom is -0.423 e. The van der Waals surface area contributed by atoms with Gasteiger partial charge in [0.05, 0.1) is 0 Å². The summed E-state index contributed by atoms with van der Waals surface area (Å²) in [6.07, 6.45) is 0. The summed E-state index contributed by atoms with van der Waals surface area (Å²) in [4.78, 5) is 36.8. The van der Waals surface area contributed by atoms with Crippen molar-refractivity contribution in [3.8, 4) is 5.75 Å². The van der Waals surface area contributed by atoms with Crippen LogP contribution in [0.2, 0.25) is 0 Å². The molecule has 1 heterocycles. The maximum absolute atomic E-state index is 12.4. The largest absolute Gasteiger partial charge is 0.423 e. The quantitative estimate of drug-likeness (QED) is 0.309. The molecule has 0 aliphatic carbocycles. The third kappa shape index (κ3) is 4.12. The van der Waals surface area contributed by atoms with E-state index in [0.717, 1.165) is 5.56 Å². The van der Waals surface area contributed by atoms with Gasteiger partial charge in [0.25, 0.3) is 5.91 Å². The maximum atomic E-state index is 12.4. The Hall–Kier alpha value is -4.19. The third-order valence-electron chi connectivity index (χ3n) is 4.50. The monoisotopic (exact) mass is 399 g/mol. The first-order chi connectivity index (χ1) is 14.5. The fourth-order valence-electron chi connectivity index (χ4n) is 2.88. The van der Waals surface area contributed by atoms with Crippen LogP contribution in [0.25, 0.3) is 11.0 Å². The average Bonchev–Trinajstić information content (AvgIpc) is 2.75. The lowest BCUT2D eigenvalue weighted by Gasteiger charge is -2.07. The van der Waals surface area contributed by atoms with Gasteiger partial charge in [0.2, 0.25) is 0 Å². The summed E-state index contributed by atoms with van der Waals surface area (Å²) in [5.74, 6) is -0.905. The number of nitrogens with one attached hydrogen (secondary N) is 1. The van der Waals surface area contributed by atoms with Crippen LogP contribution in [0.15, 0.2) is 88.1 Å². The van der Waals surface area contributed by atoms with Gasteiger partial charge < -0.3 is 14.5 Å². The molecule has 148 valence electrons. The molecular formula is C24H17NO5. The Morgan fingerprint density at radius 3 is 2.33 bits per heavy atom. The second-order valence-electron chi connectivity index (χ2n) is 6.72. The molecule has 0 radical (unpaired) electrons. The van der Waals surface area contributed by atoms with Crippen molar-refractivity contribution in [2.75, 3.05) is 5.32 Å². The zero-order chi connectivity index (χ0) is 21.1. The van der Waals surface area contributed by atoms with E-state index in [1.165, 1.54) is 30.3 Å². The SMILES string of the molecule is Cc1ccc(NC(=O)c2ccc(OC(=O)c3cc4ccccc4oc3=O)cc2)cc1. The molecule has 0 unspecified atom stereocenters. The lowest BCUT2D eigenvalue weighted by atomic mass is 10.2. The number of hydrogen-bond donors (Lipinski definition) is 1. The zero-order valence-electron chi connectivity index (χ0n) is 16.0. The number of amides is 1. The molecule has 6 nitrogen and oxygen atoms in total. The molecule has 1 N–H and O–H groups in total. The molecule has 3 aromatic carbocycles. The van der Waals surface area contributed by atoms with E-state index in [1.807, 2.05) is 31.2 Å². The van der Waals surface area contributed by atoms with Gasteiger partial charge in [0.15, 0.2) is 0 Å². The number of hydrogen-bond acceptors (Lipinski definition) is 5. The van der Waals surface area contributed by atoms with Gasteiger partial charge in [0.1, 0.15) is 16.9 Å². The van der Waals surface area contributed by atoms with Crippen LogP contribution in [0.4, 0.5) is 5.69 Å². The first-order valence-electron chi connectivity index (χ1n) is 9.23. The van der Waals surface area contributed by atoms with E-state index in [0.29, 0.717) is 22.2 Å². The van der Waals surface area contributed by atoms with Crippen molar-refractivity contribution in [3.63, 3.8) is 0 Å². The van der Waals surface area contributed by atoms with Crippen LogP contribution in [0, 0.1) is 6.92 Å². The highest BCUT2D eigenvalue weighted by Gasteiger charge is 2.16. The number of carbonyl (C=O) groups excluding carboxylic acids is 2. The predicted molar refractivity (Wildman–Crippen MR) is 113 cm³/mol. The van der Waals surface area contributed by atoms with E-state index in [4.69, 9.17) is 9.15 Å². The van der Waals surface area contributed by atoms with Crippen molar-refractivity contribution < 1.29 is 18.7 Å². The first kappa shape index (κ1) is 19.1. The summed E-state index contributed by atoms with van der Waals surface area (Å²) < 4.78 is 10.4. The predicted octanol–water partition coefficient (Wildman–Crippen LogP) is 4.57. The minimum atomic E-state index is -0.827. The van der Waals surface area contributed by atoms with Crippen molar-refractivity contribution in [3.05, 3.63) is 106 Å². The number of anilines is 1. The molecule has 0 spiro atoms. The van der Waals surface area contributed by atoms with Gasteiger partial charge >= 0.3 is 11.6 Å². The number of benzene rings is 3. The Labute approximate surface area is 171 Å². The summed E-state index contributed by atoms with van der Waals surface area (Å²) in [5.41, 5.74) is 1.61. The molecule has 1 aromatic heterocycles. The lowest BCUT2D eigenvalue weighted by molar-refractivity contribution is 0.0730. The van der Waals surface area contributed by atoms with E-state index in [9.17, 15) is 14.4 Å². The third-order valence-corrected chi connectivity index (χ3v) is 4.50. The maximum Gasteiger partial charge on any atom is 0.351 e. The van der Waals surface area contributed by atoms with E-state index >= 15 is 0 Å². The first-order valence-corrected chi connectivity index (χ1v) is 9.23. The van der Waals surface area contributed by atoms with Gasteiger partial charge in [-0.3, -0.25) is 4.79 Å². The minimum absolute atomic E-state index is 0.199. The molecule has 0 aliphatic rings. The van der Waals surface area contributed by atoms with Crippen molar-refractivity contribution in [1.29, 1.82) is 0 Å². The van der Waals surface area contributed by atoms with Crippen molar-refractivity contribution in [2.24, 2.45) is 0 Å². The van der Waals surface area contributed by atoms with E-state index in [2.05, 4.69) is 5.32 Å². The van der Waals surface area contributed by atoms with Crippen LogP contribution in [0.5, 0.6) is 5.75 Å². The van der Waals surface area contributed by atoms with Gasteiger partial charge in [-0.25, -0.2) is 9.59 Å². The molecule has 0 aliphatic heterocycles. The number of fused-ring (bicyclic) bond motifs is 1. The molecule has 0 atom stereocenters. The van der Waals surface area contributed by atoms with Gasteiger partial charge in [-0.1, -0.05) is 35.9 Å². The Kier molecular flexibility index (Phi) is 5.13. The van der Waals surface area contributed by atoms with Crippen molar-refractivity contribution >= 4 is 28.5 Å². The topological polar surface area (TPSA) is 85.6 Å². The summed E-state index contributed by atoms with van der Waals surface area (Å²) in [5, 5.41) is 3.41. The van der Waals surface area contributed by atoms with Crippen LogP contribution in [-0.4, -0.2) is 11.9 Å². The van der Waals surface area contributed by atoms with Gasteiger partial charge in [-0.15, -0.1) is 0 Å².